The summed E-state index contributed by atoms with van der Waals surface area (Å²) in [5.41, 5.74) is 0.222. The van der Waals surface area contributed by atoms with E-state index in [1.165, 1.54) is 18.2 Å². The molecule has 1 unspecified atom stereocenters. The van der Waals surface area contributed by atoms with Gasteiger partial charge in [-0.1, -0.05) is 10.6 Å². The normalized spacial score (nSPS) is 18.0. The lowest BCUT2D eigenvalue weighted by molar-refractivity contribution is 0.0935. The molecule has 0 aliphatic carbocycles. The molecular formula is C13H12F2N4OS. The zero-order chi connectivity index (χ0) is 14.8. The van der Waals surface area contributed by atoms with Gasteiger partial charge in [-0.25, -0.2) is 8.78 Å². The number of anilines is 1. The van der Waals surface area contributed by atoms with Crippen molar-refractivity contribution >= 4 is 23.1 Å². The van der Waals surface area contributed by atoms with Crippen molar-refractivity contribution in [3.63, 3.8) is 0 Å². The highest BCUT2D eigenvalue weighted by molar-refractivity contribution is 7.03. The fourth-order valence-electron chi connectivity index (χ4n) is 2.40. The summed E-state index contributed by atoms with van der Waals surface area (Å²) < 4.78 is 31.1. The molecule has 1 saturated heterocycles. The number of carbonyl (C=O) groups is 1. The molecule has 21 heavy (non-hydrogen) atoms. The minimum absolute atomic E-state index is 0.0374. The second-order valence-electron chi connectivity index (χ2n) is 4.77. The summed E-state index contributed by atoms with van der Waals surface area (Å²) >= 11 is 1.10. The first-order valence-electron chi connectivity index (χ1n) is 6.42. The molecule has 1 amide bonds. The molecule has 1 aromatic heterocycles. The number of aromatic nitrogens is 2. The van der Waals surface area contributed by atoms with Gasteiger partial charge in [-0.05, 0) is 30.1 Å². The van der Waals surface area contributed by atoms with E-state index in [9.17, 15) is 13.6 Å². The summed E-state index contributed by atoms with van der Waals surface area (Å²) in [6.45, 7) is 0.847. The van der Waals surface area contributed by atoms with Crippen molar-refractivity contribution in [1.29, 1.82) is 0 Å². The smallest absolute Gasteiger partial charge is 0.273 e. The van der Waals surface area contributed by atoms with Crippen LogP contribution in [0, 0.1) is 11.6 Å². The van der Waals surface area contributed by atoms with Crippen molar-refractivity contribution in [2.45, 2.75) is 12.5 Å². The van der Waals surface area contributed by atoms with Crippen molar-refractivity contribution in [3.8, 4) is 0 Å². The Hall–Kier alpha value is -2.09. The van der Waals surface area contributed by atoms with E-state index in [4.69, 9.17) is 0 Å². The number of benzene rings is 1. The maximum absolute atomic E-state index is 13.7. The molecule has 1 aromatic carbocycles. The van der Waals surface area contributed by atoms with E-state index in [1.54, 1.807) is 10.3 Å². The number of hydrogen-bond acceptors (Lipinski definition) is 5. The fraction of sp³-hybridized carbons (Fsp3) is 0.308. The molecule has 110 valence electrons. The molecule has 1 atom stereocenters. The zero-order valence-electron chi connectivity index (χ0n) is 10.9. The largest absolute Gasteiger partial charge is 0.365 e. The number of hydrogen-bond donors (Lipinski definition) is 1. The van der Waals surface area contributed by atoms with Crippen LogP contribution >= 0.6 is 11.5 Å². The Balaban J connectivity index is 1.67. The number of nitrogens with one attached hydrogen (secondary N) is 1. The molecule has 0 bridgehead atoms. The van der Waals surface area contributed by atoms with Gasteiger partial charge in [0.25, 0.3) is 5.91 Å². The third-order valence-corrected chi connectivity index (χ3v) is 3.87. The van der Waals surface area contributed by atoms with Crippen LogP contribution in [0.25, 0.3) is 0 Å². The molecule has 2 heterocycles. The van der Waals surface area contributed by atoms with Gasteiger partial charge in [0.15, 0.2) is 5.69 Å². The average molecular weight is 310 g/mol. The van der Waals surface area contributed by atoms with Gasteiger partial charge in [0.2, 0.25) is 0 Å². The predicted octanol–water partition coefficient (Wildman–Crippen LogP) is 1.83. The lowest BCUT2D eigenvalue weighted by Crippen LogP contribution is -2.37. The second kappa shape index (κ2) is 5.72. The van der Waals surface area contributed by atoms with Gasteiger partial charge in [-0.3, -0.25) is 4.79 Å². The Morgan fingerprint density at radius 3 is 2.81 bits per heavy atom. The number of amides is 1. The van der Waals surface area contributed by atoms with Crippen LogP contribution in [0.15, 0.2) is 23.6 Å². The number of nitrogens with zero attached hydrogens (tertiary/aromatic N) is 3. The number of rotatable bonds is 3. The van der Waals surface area contributed by atoms with Crippen molar-refractivity contribution in [1.82, 2.24) is 14.9 Å². The summed E-state index contributed by atoms with van der Waals surface area (Å²) in [6.07, 6.45) is 0.622. The van der Waals surface area contributed by atoms with Crippen LogP contribution in [0.3, 0.4) is 0 Å². The first-order valence-corrected chi connectivity index (χ1v) is 7.25. The molecule has 1 N–H and O–H groups in total. The Morgan fingerprint density at radius 2 is 2.14 bits per heavy atom. The van der Waals surface area contributed by atoms with Crippen LogP contribution in [-0.2, 0) is 0 Å². The SMILES string of the molecule is O=C(NC1CCN(c2c(F)cccc2F)C1)c1csnn1. The first-order chi connectivity index (χ1) is 10.1. The van der Waals surface area contributed by atoms with Gasteiger partial charge in [0.1, 0.15) is 17.3 Å². The van der Waals surface area contributed by atoms with Gasteiger partial charge >= 0.3 is 0 Å². The molecule has 5 nitrogen and oxygen atoms in total. The van der Waals surface area contributed by atoms with E-state index in [2.05, 4.69) is 14.9 Å². The summed E-state index contributed by atoms with van der Waals surface area (Å²) in [7, 11) is 0. The molecule has 8 heteroatoms. The minimum Gasteiger partial charge on any atom is -0.365 e. The molecule has 0 radical (unpaired) electrons. The van der Waals surface area contributed by atoms with Crippen LogP contribution in [-0.4, -0.2) is 34.6 Å². The average Bonchev–Trinajstić information content (AvgIpc) is 3.10. The Bertz CT molecular complexity index is 629. The van der Waals surface area contributed by atoms with Gasteiger partial charge in [-0.15, -0.1) is 5.10 Å². The summed E-state index contributed by atoms with van der Waals surface area (Å²) in [6, 6.07) is 3.62. The van der Waals surface area contributed by atoms with Gasteiger partial charge in [0, 0.05) is 24.5 Å². The Labute approximate surface area is 123 Å². The lowest BCUT2D eigenvalue weighted by Gasteiger charge is -2.20. The maximum Gasteiger partial charge on any atom is 0.273 e. The highest BCUT2D eigenvalue weighted by Gasteiger charge is 2.28. The predicted molar refractivity (Wildman–Crippen MR) is 74.4 cm³/mol. The van der Waals surface area contributed by atoms with E-state index in [0.29, 0.717) is 19.5 Å². The molecule has 0 spiro atoms. The first kappa shape index (κ1) is 13.9. The molecule has 1 fully saturated rings. The number of halogens is 2. The van der Waals surface area contributed by atoms with E-state index < -0.39 is 11.6 Å². The number of carbonyl (C=O) groups excluding carboxylic acids is 1. The fourth-order valence-corrected chi connectivity index (χ4v) is 2.83. The van der Waals surface area contributed by atoms with Crippen LogP contribution in [0.2, 0.25) is 0 Å². The lowest BCUT2D eigenvalue weighted by atomic mass is 10.2. The Morgan fingerprint density at radius 1 is 1.38 bits per heavy atom. The summed E-state index contributed by atoms with van der Waals surface area (Å²) in [4.78, 5) is 13.5. The molecular weight excluding hydrogens is 298 g/mol. The van der Waals surface area contributed by atoms with Crippen LogP contribution < -0.4 is 10.2 Å². The molecule has 1 aliphatic heterocycles. The Kier molecular flexibility index (Phi) is 3.78. The van der Waals surface area contributed by atoms with Crippen molar-refractivity contribution in [2.24, 2.45) is 0 Å². The molecule has 2 aromatic rings. The summed E-state index contributed by atoms with van der Waals surface area (Å²) in [5, 5.41) is 8.04. The highest BCUT2D eigenvalue weighted by atomic mass is 32.1. The van der Waals surface area contributed by atoms with E-state index in [1.807, 2.05) is 0 Å². The molecule has 0 saturated carbocycles. The van der Waals surface area contributed by atoms with E-state index in [-0.39, 0.29) is 23.3 Å². The molecule has 1 aliphatic rings. The number of para-hydroxylation sites is 1. The molecule has 3 rings (SSSR count). The summed E-state index contributed by atoms with van der Waals surface area (Å²) in [5.74, 6) is -1.50. The standard InChI is InChI=1S/C13H12F2N4OS/c14-9-2-1-3-10(15)12(9)19-5-4-8(6-19)16-13(20)11-7-21-18-17-11/h1-3,7-8H,4-6H2,(H,16,20). The van der Waals surface area contributed by atoms with E-state index in [0.717, 1.165) is 11.5 Å². The van der Waals surface area contributed by atoms with Crippen LogP contribution in [0.1, 0.15) is 16.9 Å². The van der Waals surface area contributed by atoms with Crippen LogP contribution in [0.5, 0.6) is 0 Å². The quantitative estimate of drug-likeness (QED) is 0.939. The van der Waals surface area contributed by atoms with Gasteiger partial charge < -0.3 is 10.2 Å². The van der Waals surface area contributed by atoms with Crippen molar-refractivity contribution in [3.05, 3.63) is 40.9 Å². The van der Waals surface area contributed by atoms with E-state index >= 15 is 0 Å². The minimum atomic E-state index is -0.592. The van der Waals surface area contributed by atoms with Crippen molar-refractivity contribution < 1.29 is 13.6 Å². The maximum atomic E-state index is 13.7. The zero-order valence-corrected chi connectivity index (χ0v) is 11.7. The van der Waals surface area contributed by atoms with Crippen LogP contribution in [0.4, 0.5) is 14.5 Å². The second-order valence-corrected chi connectivity index (χ2v) is 5.38. The monoisotopic (exact) mass is 310 g/mol. The third-order valence-electron chi connectivity index (χ3n) is 3.37. The van der Waals surface area contributed by atoms with Crippen molar-refractivity contribution in [2.75, 3.05) is 18.0 Å². The third kappa shape index (κ3) is 2.85. The topological polar surface area (TPSA) is 58.1 Å². The van der Waals surface area contributed by atoms with Gasteiger partial charge in [0.05, 0.1) is 0 Å². The highest BCUT2D eigenvalue weighted by Crippen LogP contribution is 2.26. The van der Waals surface area contributed by atoms with Gasteiger partial charge in [-0.2, -0.15) is 0 Å².